The molecular formula is C12H11F4NO3. The van der Waals surface area contributed by atoms with E-state index in [9.17, 15) is 32.6 Å². The molecule has 0 aromatic heterocycles. The van der Waals surface area contributed by atoms with Crippen molar-refractivity contribution in [3.05, 3.63) is 35.1 Å². The summed E-state index contributed by atoms with van der Waals surface area (Å²) in [4.78, 5) is 13.0. The Labute approximate surface area is 111 Å². The van der Waals surface area contributed by atoms with Gasteiger partial charge >= 0.3 is 6.18 Å². The van der Waals surface area contributed by atoms with E-state index in [0.717, 1.165) is 11.0 Å². The largest absolute Gasteiger partial charge is 0.419 e. The highest BCUT2D eigenvalue weighted by atomic mass is 19.4. The Morgan fingerprint density at radius 2 is 1.75 bits per heavy atom. The number of benzene rings is 1. The fourth-order valence-corrected chi connectivity index (χ4v) is 1.99. The van der Waals surface area contributed by atoms with E-state index in [2.05, 4.69) is 0 Å². The number of likely N-dealkylation sites (tertiary alicyclic amines) is 1. The lowest BCUT2D eigenvalue weighted by Crippen LogP contribution is -2.30. The van der Waals surface area contributed by atoms with E-state index in [1.54, 1.807) is 0 Å². The zero-order valence-electron chi connectivity index (χ0n) is 10.1. The van der Waals surface area contributed by atoms with Crippen LogP contribution in [0.5, 0.6) is 0 Å². The molecule has 1 saturated heterocycles. The predicted molar refractivity (Wildman–Crippen MR) is 59.3 cm³/mol. The Balaban J connectivity index is 2.28. The lowest BCUT2D eigenvalue weighted by atomic mass is 10.1. The highest BCUT2D eigenvalue weighted by Gasteiger charge is 2.37. The van der Waals surface area contributed by atoms with E-state index in [1.165, 1.54) is 0 Å². The Bertz CT molecular complexity index is 522. The number of hydrogen-bond donors (Lipinski definition) is 2. The summed E-state index contributed by atoms with van der Waals surface area (Å²) in [5.74, 6) is -2.26. The molecule has 110 valence electrons. The average molecular weight is 293 g/mol. The quantitative estimate of drug-likeness (QED) is 0.760. The van der Waals surface area contributed by atoms with Gasteiger partial charge in [0, 0.05) is 18.7 Å². The molecule has 1 aromatic rings. The third-order valence-electron chi connectivity index (χ3n) is 3.06. The van der Waals surface area contributed by atoms with Gasteiger partial charge in [0.2, 0.25) is 0 Å². The van der Waals surface area contributed by atoms with E-state index in [1.807, 2.05) is 0 Å². The third-order valence-corrected chi connectivity index (χ3v) is 3.06. The average Bonchev–Trinajstić information content (AvgIpc) is 2.68. The number of halogens is 4. The first-order valence-corrected chi connectivity index (χ1v) is 5.72. The first kappa shape index (κ1) is 14.7. The second-order valence-electron chi connectivity index (χ2n) is 4.54. The lowest BCUT2D eigenvalue weighted by Gasteiger charge is -2.16. The molecule has 1 aliphatic heterocycles. The number of carbonyl (C=O) groups is 1. The number of aliphatic hydroxyl groups is 2. The molecule has 0 radical (unpaired) electrons. The van der Waals surface area contributed by atoms with E-state index in [0.29, 0.717) is 12.1 Å². The zero-order chi connectivity index (χ0) is 15.1. The summed E-state index contributed by atoms with van der Waals surface area (Å²) in [5.41, 5.74) is -1.87. The molecule has 0 unspecified atom stereocenters. The Morgan fingerprint density at radius 3 is 2.25 bits per heavy atom. The minimum Gasteiger partial charge on any atom is -0.388 e. The summed E-state index contributed by atoms with van der Waals surface area (Å²) in [6, 6.07) is 1.93. The van der Waals surface area contributed by atoms with Gasteiger partial charge in [-0.25, -0.2) is 4.39 Å². The molecule has 20 heavy (non-hydrogen) atoms. The Morgan fingerprint density at radius 1 is 1.20 bits per heavy atom. The molecule has 2 rings (SSSR count). The minimum atomic E-state index is -4.90. The Hall–Kier alpha value is -1.67. The van der Waals surface area contributed by atoms with Gasteiger partial charge in [0.15, 0.2) is 0 Å². The highest BCUT2D eigenvalue weighted by molar-refractivity contribution is 5.94. The molecule has 8 heteroatoms. The number of amides is 1. The molecule has 4 nitrogen and oxygen atoms in total. The fraction of sp³-hybridized carbons (Fsp3) is 0.417. The van der Waals surface area contributed by atoms with Crippen LogP contribution in [0.4, 0.5) is 17.6 Å². The molecule has 0 saturated carbocycles. The van der Waals surface area contributed by atoms with Gasteiger partial charge in [0.1, 0.15) is 5.82 Å². The van der Waals surface area contributed by atoms with Gasteiger partial charge in [-0.15, -0.1) is 0 Å². The Kier molecular flexibility index (Phi) is 3.70. The standard InChI is InChI=1S/C12H11F4NO3/c13-8-2-1-6(3-7(8)12(14,15)16)11(20)17-4-9(18)10(19)5-17/h1-3,9-10,18-19H,4-5H2/t9-,10+. The van der Waals surface area contributed by atoms with E-state index >= 15 is 0 Å². The molecule has 1 aliphatic rings. The first-order valence-electron chi connectivity index (χ1n) is 5.72. The summed E-state index contributed by atoms with van der Waals surface area (Å²) in [6.45, 7) is -0.364. The third kappa shape index (κ3) is 2.75. The number of carbonyl (C=O) groups excluding carboxylic acids is 1. The van der Waals surface area contributed by atoms with Crippen LogP contribution >= 0.6 is 0 Å². The number of hydrogen-bond acceptors (Lipinski definition) is 3. The van der Waals surface area contributed by atoms with Crippen molar-refractivity contribution < 1.29 is 32.6 Å². The van der Waals surface area contributed by atoms with Crippen molar-refractivity contribution in [2.75, 3.05) is 13.1 Å². The first-order chi connectivity index (χ1) is 9.20. The number of nitrogens with zero attached hydrogens (tertiary/aromatic N) is 1. The van der Waals surface area contributed by atoms with Gasteiger partial charge in [0.05, 0.1) is 17.8 Å². The van der Waals surface area contributed by atoms with Crippen molar-refractivity contribution >= 4 is 5.91 Å². The van der Waals surface area contributed by atoms with E-state index in [-0.39, 0.29) is 18.7 Å². The van der Waals surface area contributed by atoms with Crippen LogP contribution in [0, 0.1) is 5.82 Å². The second-order valence-corrected chi connectivity index (χ2v) is 4.54. The van der Waals surface area contributed by atoms with Crippen LogP contribution in [0.25, 0.3) is 0 Å². The summed E-state index contributed by atoms with van der Waals surface area (Å²) >= 11 is 0. The molecule has 2 atom stereocenters. The fourth-order valence-electron chi connectivity index (χ4n) is 1.99. The lowest BCUT2D eigenvalue weighted by molar-refractivity contribution is -0.140. The second kappa shape index (κ2) is 5.02. The molecular weight excluding hydrogens is 282 g/mol. The van der Waals surface area contributed by atoms with Gasteiger partial charge in [-0.2, -0.15) is 13.2 Å². The summed E-state index contributed by atoms with van der Waals surface area (Å²) < 4.78 is 50.8. The van der Waals surface area contributed by atoms with Crippen molar-refractivity contribution in [3.8, 4) is 0 Å². The normalized spacial score (nSPS) is 23.2. The number of rotatable bonds is 1. The van der Waals surface area contributed by atoms with Crippen molar-refractivity contribution in [1.29, 1.82) is 0 Å². The topological polar surface area (TPSA) is 60.8 Å². The van der Waals surface area contributed by atoms with Crippen molar-refractivity contribution in [1.82, 2.24) is 4.90 Å². The van der Waals surface area contributed by atoms with Crippen LogP contribution < -0.4 is 0 Å². The SMILES string of the molecule is O=C(c1ccc(F)c(C(F)(F)F)c1)N1C[C@@H](O)[C@@H](O)C1. The van der Waals surface area contributed by atoms with Crippen LogP contribution in [0.1, 0.15) is 15.9 Å². The van der Waals surface area contributed by atoms with Gasteiger partial charge in [-0.3, -0.25) is 4.79 Å². The molecule has 0 spiro atoms. The van der Waals surface area contributed by atoms with Gasteiger partial charge in [-0.05, 0) is 18.2 Å². The molecule has 2 N–H and O–H groups in total. The molecule has 0 bridgehead atoms. The summed E-state index contributed by atoms with van der Waals surface area (Å²) in [6.07, 6.45) is -7.17. The van der Waals surface area contributed by atoms with Gasteiger partial charge in [-0.1, -0.05) is 0 Å². The number of alkyl halides is 3. The minimum absolute atomic E-state index is 0.182. The highest BCUT2D eigenvalue weighted by Crippen LogP contribution is 2.32. The summed E-state index contributed by atoms with van der Waals surface area (Å²) in [5, 5.41) is 18.6. The van der Waals surface area contributed by atoms with E-state index < -0.39 is 35.7 Å². The van der Waals surface area contributed by atoms with Crippen LogP contribution in [0.3, 0.4) is 0 Å². The maximum Gasteiger partial charge on any atom is 0.419 e. The summed E-state index contributed by atoms with van der Waals surface area (Å²) in [7, 11) is 0. The maximum atomic E-state index is 13.1. The number of β-amino-alcohol motifs (C(OH)–C–C–N with tert-alkyl or cyclic N) is 2. The number of aliphatic hydroxyl groups excluding tert-OH is 2. The van der Waals surface area contributed by atoms with Crippen LogP contribution in [-0.2, 0) is 6.18 Å². The molecule has 1 aromatic carbocycles. The molecule has 1 fully saturated rings. The molecule has 1 amide bonds. The molecule has 1 heterocycles. The van der Waals surface area contributed by atoms with Crippen LogP contribution in [0.2, 0.25) is 0 Å². The van der Waals surface area contributed by atoms with E-state index in [4.69, 9.17) is 0 Å². The monoisotopic (exact) mass is 293 g/mol. The van der Waals surface area contributed by atoms with Crippen molar-refractivity contribution in [2.45, 2.75) is 18.4 Å². The zero-order valence-corrected chi connectivity index (χ0v) is 10.1. The smallest absolute Gasteiger partial charge is 0.388 e. The van der Waals surface area contributed by atoms with Gasteiger partial charge < -0.3 is 15.1 Å². The van der Waals surface area contributed by atoms with Crippen molar-refractivity contribution in [2.24, 2.45) is 0 Å². The van der Waals surface area contributed by atoms with Crippen LogP contribution in [-0.4, -0.2) is 46.3 Å². The van der Waals surface area contributed by atoms with Gasteiger partial charge in [0.25, 0.3) is 5.91 Å². The van der Waals surface area contributed by atoms with Crippen LogP contribution in [0.15, 0.2) is 18.2 Å². The molecule has 0 aliphatic carbocycles. The van der Waals surface area contributed by atoms with Crippen molar-refractivity contribution in [3.63, 3.8) is 0 Å². The maximum absolute atomic E-state index is 13.1. The predicted octanol–water partition coefficient (Wildman–Crippen LogP) is 1.02.